The van der Waals surface area contributed by atoms with Crippen LogP contribution in [0.25, 0.3) is 0 Å². The Morgan fingerprint density at radius 3 is 1.14 bits per heavy atom. The number of rotatable bonds is 4. The maximum atomic E-state index is 13.8. The maximum absolute atomic E-state index is 13.8. The van der Waals surface area contributed by atoms with Gasteiger partial charge in [-0.2, -0.15) is 17.9 Å². The van der Waals surface area contributed by atoms with E-state index in [2.05, 4.69) is 30.2 Å². The molecule has 3 spiro atoms. The number of hydrogen-bond donors (Lipinski definition) is 3. The van der Waals surface area contributed by atoms with Crippen molar-refractivity contribution >= 4 is 10.2 Å². The van der Waals surface area contributed by atoms with Gasteiger partial charge in [0.2, 0.25) is 17.4 Å². The number of nitrogens with one attached hydrogen (secondary N) is 2. The van der Waals surface area contributed by atoms with E-state index in [-0.39, 0.29) is 47.3 Å². The summed E-state index contributed by atoms with van der Waals surface area (Å²) in [5.74, 6) is -0.546. The summed E-state index contributed by atoms with van der Waals surface area (Å²) in [4.78, 5) is 35.8. The van der Waals surface area contributed by atoms with E-state index < -0.39 is 82.0 Å². The zero-order valence-corrected chi connectivity index (χ0v) is 39.3. The number of aliphatic hydroxyl groups is 1. The second-order valence-electron chi connectivity index (χ2n) is 22.7. The third-order valence-electron chi connectivity index (χ3n) is 19.0. The van der Waals surface area contributed by atoms with Crippen LogP contribution in [0, 0.1) is 71.0 Å². The van der Waals surface area contributed by atoms with Crippen LogP contribution in [-0.4, -0.2) is 85.3 Å². The van der Waals surface area contributed by atoms with Gasteiger partial charge in [0.25, 0.3) is 10.2 Å². The van der Waals surface area contributed by atoms with Gasteiger partial charge < -0.3 is 33.5 Å². The van der Waals surface area contributed by atoms with Crippen LogP contribution in [-0.2, 0) is 68.0 Å². The Morgan fingerprint density at radius 1 is 0.444 bits per heavy atom. The molecule has 0 amide bonds. The highest BCUT2D eigenvalue weighted by atomic mass is 32.2. The average Bonchev–Trinajstić information content (AvgIpc) is 3.71. The summed E-state index contributed by atoms with van der Waals surface area (Å²) in [6, 6.07) is 0. The lowest BCUT2D eigenvalue weighted by atomic mass is 9.58. The lowest BCUT2D eigenvalue weighted by Crippen LogP contribution is -2.73. The molecule has 15 rings (SSSR count). The minimum atomic E-state index is -4.08. The predicted octanol–water partition coefficient (Wildman–Crippen LogP) is 6.01. The number of ether oxygens (including phenoxy) is 6. The molecule has 358 valence electrons. The Balaban J connectivity index is 0.000000185. The van der Waals surface area contributed by atoms with Gasteiger partial charge in [-0.3, -0.25) is 0 Å². The number of fused-ring (bicyclic) bond motifs is 6. The number of aliphatic hydroxyl groups excluding tert-OH is 1. The highest BCUT2D eigenvalue weighted by Crippen LogP contribution is 2.63. The van der Waals surface area contributed by atoms with Crippen molar-refractivity contribution in [1.82, 2.24) is 9.44 Å². The molecule has 0 radical (unpaired) electrons. The van der Waals surface area contributed by atoms with Crippen molar-refractivity contribution in [2.45, 2.75) is 211 Å². The fraction of sp³-hybridized carbons (Fsp3) is 1.00. The Kier molecular flexibility index (Phi) is 10.8. The first-order chi connectivity index (χ1) is 29.8. The monoisotopic (exact) mass is 912 g/mol. The predicted molar refractivity (Wildman–Crippen MR) is 218 cm³/mol. The Labute approximate surface area is 372 Å². The zero-order chi connectivity index (χ0) is 44.3. The molecule has 6 bridgehead atoms. The first-order valence-corrected chi connectivity index (χ1v) is 25.8. The van der Waals surface area contributed by atoms with Crippen molar-refractivity contribution in [1.29, 1.82) is 0 Å². The molecular formula is C45H72N2O15S. The van der Waals surface area contributed by atoms with Gasteiger partial charge in [0.05, 0.1) is 0 Å². The molecule has 0 aromatic rings. The summed E-state index contributed by atoms with van der Waals surface area (Å²) >= 11 is 0. The smallest absolute Gasteiger partial charge is 0.281 e. The largest absolute Gasteiger partial charge is 0.368 e. The van der Waals surface area contributed by atoms with Gasteiger partial charge in [-0.15, -0.1) is 0 Å². The molecule has 3 aliphatic carbocycles. The van der Waals surface area contributed by atoms with E-state index in [0.717, 1.165) is 57.8 Å². The van der Waals surface area contributed by atoms with Gasteiger partial charge >= 0.3 is 0 Å². The molecule has 12 aliphatic heterocycles. The van der Waals surface area contributed by atoms with Crippen LogP contribution >= 0.6 is 0 Å². The molecule has 63 heavy (non-hydrogen) atoms. The maximum Gasteiger partial charge on any atom is 0.281 e. The van der Waals surface area contributed by atoms with E-state index in [1.54, 1.807) is 0 Å². The Hall–Kier alpha value is -0.650. The Morgan fingerprint density at radius 2 is 0.778 bits per heavy atom. The van der Waals surface area contributed by atoms with Crippen LogP contribution in [0.5, 0.6) is 0 Å². The van der Waals surface area contributed by atoms with E-state index in [0.29, 0.717) is 36.5 Å². The fourth-order valence-electron chi connectivity index (χ4n) is 15.3. The van der Waals surface area contributed by atoms with E-state index in [9.17, 15) is 13.5 Å². The lowest BCUT2D eigenvalue weighted by Gasteiger charge is -2.60. The standard InChI is InChI=1S/C30H48N2O10S.C15H24O5/c1-15-7-9-21-17(3)23(35-25-29(21)19(15)11-13-27(5,37-25)39-41-29)31-43(33,34)32-24-18(4)22-10-8-16(2)20-12-14-28(6)38-26(36-24)30(20,22)42-40-28;1-8-4-5-11-9(2)12(16)17-13-15(11)10(8)6-7-14(3,18-13)19-20-15/h15-26,31-32H,7-14H2,1-6H3;8-13,16H,4-7H2,1-3H3/t15?,16?,17-,18-,19?,20?,21?,22?,23-,24?,25?,26?,27-,28+,29-,30?;8?,9-,10?,11?,12?,13?,14-,15-/m11/s1. The molecule has 0 aromatic heterocycles. The molecule has 18 heteroatoms. The summed E-state index contributed by atoms with van der Waals surface area (Å²) in [6.07, 6.45) is 6.64. The topological polar surface area (TPSA) is 189 Å². The molecule has 3 saturated carbocycles. The summed E-state index contributed by atoms with van der Waals surface area (Å²) in [5, 5.41) is 10.2. The third-order valence-corrected chi connectivity index (χ3v) is 20.1. The quantitative estimate of drug-likeness (QED) is 0.278. The van der Waals surface area contributed by atoms with Crippen LogP contribution in [0.15, 0.2) is 0 Å². The van der Waals surface area contributed by atoms with Crippen LogP contribution in [0.3, 0.4) is 0 Å². The van der Waals surface area contributed by atoms with Crippen molar-refractivity contribution in [3.05, 3.63) is 0 Å². The first kappa shape index (κ1) is 44.8. The van der Waals surface area contributed by atoms with Gasteiger partial charge in [0.15, 0.2) is 42.0 Å². The van der Waals surface area contributed by atoms with Crippen molar-refractivity contribution in [2.24, 2.45) is 71.0 Å². The van der Waals surface area contributed by atoms with Gasteiger partial charge in [-0.1, -0.05) is 41.5 Å². The van der Waals surface area contributed by atoms with E-state index in [4.69, 9.17) is 57.7 Å². The van der Waals surface area contributed by atoms with E-state index in [1.807, 2.05) is 41.5 Å². The third kappa shape index (κ3) is 6.64. The normalized spacial score (nSPS) is 60.0. The van der Waals surface area contributed by atoms with Gasteiger partial charge in [-0.25, -0.2) is 29.3 Å². The second-order valence-corrected chi connectivity index (χ2v) is 24.2. The number of hydrogen-bond acceptors (Lipinski definition) is 15. The molecule has 12 saturated heterocycles. The van der Waals surface area contributed by atoms with Gasteiger partial charge in [-0.05, 0) is 114 Å². The highest BCUT2D eigenvalue weighted by Gasteiger charge is 2.72. The molecule has 12 heterocycles. The molecule has 15 unspecified atom stereocenters. The SMILES string of the molecule is CC1CCC2[C@@H](C)C(NS(=O)(=O)N[C@@H]3OC4O[C@@]5(C)CCC6C(C)CCC([C@H]3C)[C@@]46OO5)OC3O[C@]4(C)CCC1C32OO4.CC1CCC2[C@@H](C)C(O)OC3O[C@@]4(C)CCC1[C@]32OO4. The van der Waals surface area contributed by atoms with Crippen LogP contribution < -0.4 is 9.44 Å². The van der Waals surface area contributed by atoms with E-state index >= 15 is 0 Å². The average molecular weight is 913 g/mol. The van der Waals surface area contributed by atoms with Gasteiger partial charge in [0.1, 0.15) is 12.5 Å². The van der Waals surface area contributed by atoms with Crippen molar-refractivity contribution < 1.29 is 71.3 Å². The summed E-state index contributed by atoms with van der Waals surface area (Å²) < 4.78 is 70.9. The molecular weight excluding hydrogens is 841 g/mol. The zero-order valence-electron chi connectivity index (χ0n) is 38.4. The molecule has 15 aliphatic rings. The van der Waals surface area contributed by atoms with Gasteiger partial charge in [0, 0.05) is 54.8 Å². The molecule has 24 atom stereocenters. The fourth-order valence-corrected chi connectivity index (χ4v) is 16.5. The van der Waals surface area contributed by atoms with Crippen LogP contribution in [0.4, 0.5) is 0 Å². The highest BCUT2D eigenvalue weighted by molar-refractivity contribution is 7.87. The van der Waals surface area contributed by atoms with Crippen molar-refractivity contribution in [3.8, 4) is 0 Å². The molecule has 15 fully saturated rings. The van der Waals surface area contributed by atoms with Crippen LogP contribution in [0.2, 0.25) is 0 Å². The molecule has 3 N–H and O–H groups in total. The minimum Gasteiger partial charge on any atom is -0.368 e. The molecule has 17 nitrogen and oxygen atoms in total. The first-order valence-electron chi connectivity index (χ1n) is 24.3. The lowest BCUT2D eigenvalue weighted by molar-refractivity contribution is -0.576. The van der Waals surface area contributed by atoms with Crippen molar-refractivity contribution in [2.75, 3.05) is 0 Å². The van der Waals surface area contributed by atoms with Crippen LogP contribution in [0.1, 0.15) is 139 Å². The minimum absolute atomic E-state index is 0.00139. The summed E-state index contributed by atoms with van der Waals surface area (Å²) in [6.45, 7) is 18.5. The van der Waals surface area contributed by atoms with Crippen molar-refractivity contribution in [3.63, 3.8) is 0 Å². The summed E-state index contributed by atoms with van der Waals surface area (Å²) in [5.41, 5.74) is -2.08. The van der Waals surface area contributed by atoms with E-state index in [1.165, 1.54) is 6.42 Å². The summed E-state index contributed by atoms with van der Waals surface area (Å²) in [7, 11) is -4.08. The second kappa shape index (κ2) is 15.2. The molecule has 0 aromatic carbocycles. The Bertz CT molecular complexity index is 1800.